The molecule has 2 atom stereocenters. The molecule has 3 aromatic rings. The van der Waals surface area contributed by atoms with Crippen LogP contribution in [-0.4, -0.2) is 45.3 Å². The van der Waals surface area contributed by atoms with Gasteiger partial charge < -0.3 is 19.4 Å². The number of hydrogen-bond acceptors (Lipinski definition) is 6. The molecule has 0 bridgehead atoms. The summed E-state index contributed by atoms with van der Waals surface area (Å²) in [5.41, 5.74) is 2.93. The van der Waals surface area contributed by atoms with Gasteiger partial charge in [-0.25, -0.2) is 4.79 Å². The lowest BCUT2D eigenvalue weighted by Gasteiger charge is -2.35. The topological polar surface area (TPSA) is 93.4 Å². The highest BCUT2D eigenvalue weighted by atomic mass is 16.5. The molecule has 1 N–H and O–H groups in total. The summed E-state index contributed by atoms with van der Waals surface area (Å²) in [6, 6.07) is 13.7. The molecule has 8 heteroatoms. The highest BCUT2D eigenvalue weighted by Crippen LogP contribution is 2.24. The van der Waals surface area contributed by atoms with Crippen molar-refractivity contribution in [2.45, 2.75) is 32.6 Å². The second-order valence-corrected chi connectivity index (χ2v) is 7.07. The number of carbonyl (C=O) groups excluding carboxylic acids is 1. The average Bonchev–Trinajstić information content (AvgIpc) is 3.19. The minimum absolute atomic E-state index is 0.126. The number of carbonyl (C=O) groups is 1. The Morgan fingerprint density at radius 3 is 2.86 bits per heavy atom. The second kappa shape index (κ2) is 8.40. The van der Waals surface area contributed by atoms with Gasteiger partial charge in [0.25, 0.3) is 0 Å². The molecule has 8 nitrogen and oxygen atoms in total. The first-order chi connectivity index (χ1) is 14.1. The number of amides is 2. The van der Waals surface area contributed by atoms with Crippen LogP contribution in [0, 0.1) is 6.92 Å². The van der Waals surface area contributed by atoms with E-state index in [4.69, 9.17) is 9.15 Å². The number of urea groups is 1. The van der Waals surface area contributed by atoms with Gasteiger partial charge in [0.15, 0.2) is 6.10 Å². The van der Waals surface area contributed by atoms with Crippen molar-refractivity contribution in [1.82, 2.24) is 25.4 Å². The first-order valence-corrected chi connectivity index (χ1v) is 9.57. The highest BCUT2D eigenvalue weighted by Gasteiger charge is 2.32. The number of morpholine rings is 1. The molecule has 1 fully saturated rings. The van der Waals surface area contributed by atoms with E-state index in [0.29, 0.717) is 31.4 Å². The number of aromatic nitrogens is 3. The van der Waals surface area contributed by atoms with E-state index in [9.17, 15) is 4.79 Å². The van der Waals surface area contributed by atoms with Crippen molar-refractivity contribution >= 4 is 6.03 Å². The average molecular weight is 393 g/mol. The van der Waals surface area contributed by atoms with Crippen LogP contribution in [0.4, 0.5) is 4.79 Å². The van der Waals surface area contributed by atoms with Crippen molar-refractivity contribution in [3.8, 4) is 11.3 Å². The molecule has 1 saturated heterocycles. The van der Waals surface area contributed by atoms with Crippen molar-refractivity contribution in [1.29, 1.82) is 0 Å². The first-order valence-electron chi connectivity index (χ1n) is 9.57. The zero-order chi connectivity index (χ0) is 20.2. The Kier molecular flexibility index (Phi) is 5.53. The van der Waals surface area contributed by atoms with E-state index in [1.165, 1.54) is 0 Å². The fourth-order valence-electron chi connectivity index (χ4n) is 3.36. The van der Waals surface area contributed by atoms with Gasteiger partial charge in [-0.15, -0.1) is 10.2 Å². The number of benzene rings is 1. The molecule has 1 aliphatic heterocycles. The molecule has 2 amide bonds. The normalized spacial score (nSPS) is 19.2. The lowest BCUT2D eigenvalue weighted by atomic mass is 10.1. The predicted octanol–water partition coefficient (Wildman–Crippen LogP) is 3.11. The maximum absolute atomic E-state index is 12.7. The van der Waals surface area contributed by atoms with Crippen LogP contribution < -0.4 is 5.32 Å². The molecule has 1 aromatic carbocycles. The fraction of sp³-hybridized carbons (Fsp3) is 0.333. The number of nitrogens with one attached hydrogen (secondary N) is 1. The van der Waals surface area contributed by atoms with Gasteiger partial charge in [0.05, 0.1) is 18.3 Å². The summed E-state index contributed by atoms with van der Waals surface area (Å²) < 4.78 is 11.3. The minimum Gasteiger partial charge on any atom is -0.423 e. The molecule has 0 aliphatic carbocycles. The molecule has 29 heavy (non-hydrogen) atoms. The third kappa shape index (κ3) is 4.60. The zero-order valence-electron chi connectivity index (χ0n) is 16.4. The van der Waals surface area contributed by atoms with Gasteiger partial charge >= 0.3 is 6.03 Å². The quantitative estimate of drug-likeness (QED) is 0.732. The Morgan fingerprint density at radius 2 is 2.10 bits per heavy atom. The summed E-state index contributed by atoms with van der Waals surface area (Å²) in [4.78, 5) is 18.8. The van der Waals surface area contributed by atoms with E-state index >= 15 is 0 Å². The summed E-state index contributed by atoms with van der Waals surface area (Å²) in [5, 5.41) is 10.9. The number of ether oxygens (including phenoxy) is 1. The van der Waals surface area contributed by atoms with E-state index in [2.05, 4.69) is 20.5 Å². The number of rotatable bonds is 4. The molecule has 2 aromatic heterocycles. The molecule has 3 heterocycles. The summed E-state index contributed by atoms with van der Waals surface area (Å²) in [5.74, 6) is 0.875. The zero-order valence-corrected chi connectivity index (χ0v) is 16.4. The lowest BCUT2D eigenvalue weighted by Crippen LogP contribution is -2.49. The van der Waals surface area contributed by atoms with Crippen LogP contribution in [-0.2, 0) is 11.3 Å². The molecule has 0 unspecified atom stereocenters. The summed E-state index contributed by atoms with van der Waals surface area (Å²) in [6.07, 6.45) is 1.22. The fourth-order valence-corrected chi connectivity index (χ4v) is 3.36. The molecule has 1 aliphatic rings. The van der Waals surface area contributed by atoms with Gasteiger partial charge in [-0.3, -0.25) is 4.98 Å². The van der Waals surface area contributed by atoms with Gasteiger partial charge in [0, 0.05) is 31.8 Å². The Morgan fingerprint density at radius 1 is 1.21 bits per heavy atom. The van der Waals surface area contributed by atoms with Gasteiger partial charge in [-0.1, -0.05) is 24.3 Å². The van der Waals surface area contributed by atoms with Gasteiger partial charge in [-0.05, 0) is 30.7 Å². The smallest absolute Gasteiger partial charge is 0.317 e. The Hall–Kier alpha value is -3.26. The number of hydrogen-bond donors (Lipinski definition) is 1. The molecule has 0 spiro atoms. The lowest BCUT2D eigenvalue weighted by molar-refractivity contribution is -0.0767. The van der Waals surface area contributed by atoms with Crippen molar-refractivity contribution < 1.29 is 13.9 Å². The van der Waals surface area contributed by atoms with Crippen LogP contribution >= 0.6 is 0 Å². The SMILES string of the molecule is Cc1nnc([C@H]2CN(C(=O)NCc3cccc(-c4ccccn4)c3)C[C@@H](C)O2)o1. The van der Waals surface area contributed by atoms with E-state index in [1.807, 2.05) is 49.4 Å². The minimum atomic E-state index is -0.418. The summed E-state index contributed by atoms with van der Waals surface area (Å²) >= 11 is 0. The van der Waals surface area contributed by atoms with E-state index < -0.39 is 6.10 Å². The third-order valence-corrected chi connectivity index (χ3v) is 4.70. The number of aryl methyl sites for hydroxylation is 1. The molecule has 0 saturated carbocycles. The van der Waals surface area contributed by atoms with Crippen LogP contribution in [0.25, 0.3) is 11.3 Å². The molecule has 150 valence electrons. The van der Waals surface area contributed by atoms with E-state index in [-0.39, 0.29) is 12.1 Å². The second-order valence-electron chi connectivity index (χ2n) is 7.07. The maximum atomic E-state index is 12.7. The van der Waals surface area contributed by atoms with Crippen molar-refractivity contribution in [2.24, 2.45) is 0 Å². The Bertz CT molecular complexity index is 975. The Balaban J connectivity index is 1.39. The van der Waals surface area contributed by atoms with Crippen LogP contribution in [0.2, 0.25) is 0 Å². The summed E-state index contributed by atoms with van der Waals surface area (Å²) in [6.45, 7) is 4.95. The van der Waals surface area contributed by atoms with Crippen molar-refractivity contribution in [2.75, 3.05) is 13.1 Å². The molecule has 0 radical (unpaired) electrons. The van der Waals surface area contributed by atoms with Crippen LogP contribution in [0.3, 0.4) is 0 Å². The van der Waals surface area contributed by atoms with Crippen molar-refractivity contribution in [3.05, 3.63) is 66.0 Å². The molecular formula is C21H23N5O3. The largest absolute Gasteiger partial charge is 0.423 e. The standard InChI is InChI=1S/C21H23N5O3/c1-14-12-26(13-19(28-14)20-25-24-15(2)29-20)21(27)23-11-16-6-5-7-17(10-16)18-8-3-4-9-22-18/h3-10,14,19H,11-13H2,1-2H3,(H,23,27)/t14-,19-/m1/s1. The van der Waals surface area contributed by atoms with Crippen molar-refractivity contribution in [3.63, 3.8) is 0 Å². The monoisotopic (exact) mass is 393 g/mol. The van der Waals surface area contributed by atoms with Gasteiger partial charge in [0.1, 0.15) is 0 Å². The molecule has 4 rings (SSSR count). The predicted molar refractivity (Wildman–Crippen MR) is 106 cm³/mol. The number of nitrogens with zero attached hydrogens (tertiary/aromatic N) is 4. The van der Waals surface area contributed by atoms with Gasteiger partial charge in [0.2, 0.25) is 11.8 Å². The van der Waals surface area contributed by atoms with Gasteiger partial charge in [-0.2, -0.15) is 0 Å². The summed E-state index contributed by atoms with van der Waals surface area (Å²) in [7, 11) is 0. The van der Waals surface area contributed by atoms with Crippen LogP contribution in [0.15, 0.2) is 53.1 Å². The molecular weight excluding hydrogens is 370 g/mol. The Labute approximate surface area is 168 Å². The third-order valence-electron chi connectivity index (χ3n) is 4.70. The highest BCUT2D eigenvalue weighted by molar-refractivity contribution is 5.74. The van der Waals surface area contributed by atoms with E-state index in [1.54, 1.807) is 18.0 Å². The number of pyridine rings is 1. The van der Waals surface area contributed by atoms with Crippen LogP contribution in [0.1, 0.15) is 30.4 Å². The van der Waals surface area contributed by atoms with E-state index in [0.717, 1.165) is 16.8 Å². The van der Waals surface area contributed by atoms with Crippen LogP contribution in [0.5, 0.6) is 0 Å². The first kappa shape index (κ1) is 19.1. The maximum Gasteiger partial charge on any atom is 0.317 e.